The molecule has 0 spiro atoms. The van der Waals surface area contributed by atoms with Crippen molar-refractivity contribution in [2.24, 2.45) is 29.1 Å². The van der Waals surface area contributed by atoms with Crippen LogP contribution in [0.15, 0.2) is 0 Å². The average Bonchev–Trinajstić information content (AvgIpc) is 2.70. The topological polar surface area (TPSA) is 0 Å². The molecule has 3 unspecified atom stereocenters. The van der Waals surface area contributed by atoms with Crippen molar-refractivity contribution in [1.82, 2.24) is 0 Å². The first-order valence-electron chi connectivity index (χ1n) is 8.77. The van der Waals surface area contributed by atoms with E-state index in [9.17, 15) is 0 Å². The highest BCUT2D eigenvalue weighted by Gasteiger charge is 2.46. The van der Waals surface area contributed by atoms with Gasteiger partial charge in [0.05, 0.1) is 19.3 Å². The van der Waals surface area contributed by atoms with Gasteiger partial charge in [-0.2, -0.15) is 0 Å². The van der Waals surface area contributed by atoms with E-state index in [1.807, 2.05) is 0 Å². The summed E-state index contributed by atoms with van der Waals surface area (Å²) in [5.41, 5.74) is 0.610. The molecule has 0 bridgehead atoms. The normalized spacial score (nSPS) is 39.9. The quantitative estimate of drug-likeness (QED) is 0.496. The van der Waals surface area contributed by atoms with Crippen molar-refractivity contribution < 1.29 is 0 Å². The van der Waals surface area contributed by atoms with Crippen molar-refractivity contribution in [2.45, 2.75) is 86.0 Å². The largest absolute Gasteiger partial charge is 0.102 e. The van der Waals surface area contributed by atoms with Crippen LogP contribution in [0.3, 0.4) is 0 Å². The average molecular weight is 263 g/mol. The molecular weight excluding hydrogens is 228 g/mol. The lowest BCUT2D eigenvalue weighted by Gasteiger charge is -2.35. The Kier molecular flexibility index (Phi) is 4.90. The molecule has 0 aromatic carbocycles. The van der Waals surface area contributed by atoms with E-state index in [-0.39, 0.29) is 0 Å². The SMILES string of the molecule is CCC[C+](C)C(C)C1(C)CCC(CC2CC(C)C2)C1. The fourth-order valence-corrected chi connectivity index (χ4v) is 4.93. The minimum absolute atomic E-state index is 0.610. The van der Waals surface area contributed by atoms with Crippen LogP contribution in [0.25, 0.3) is 0 Å². The van der Waals surface area contributed by atoms with Crippen LogP contribution in [0.5, 0.6) is 0 Å². The maximum atomic E-state index is 2.57. The van der Waals surface area contributed by atoms with E-state index in [0.717, 1.165) is 23.7 Å². The molecule has 3 atom stereocenters. The van der Waals surface area contributed by atoms with Gasteiger partial charge in [-0.25, -0.2) is 0 Å². The van der Waals surface area contributed by atoms with Crippen molar-refractivity contribution in [2.75, 3.05) is 0 Å². The second-order valence-electron chi connectivity index (χ2n) is 8.26. The van der Waals surface area contributed by atoms with Crippen LogP contribution in [-0.4, -0.2) is 0 Å². The first-order valence-corrected chi connectivity index (χ1v) is 8.77. The van der Waals surface area contributed by atoms with Crippen LogP contribution in [-0.2, 0) is 0 Å². The molecule has 2 aliphatic rings. The second kappa shape index (κ2) is 6.10. The van der Waals surface area contributed by atoms with Crippen molar-refractivity contribution in [1.29, 1.82) is 0 Å². The highest BCUT2D eigenvalue weighted by Crippen LogP contribution is 2.53. The molecule has 0 saturated heterocycles. The lowest BCUT2D eigenvalue weighted by atomic mass is 9.68. The van der Waals surface area contributed by atoms with Gasteiger partial charge in [-0.15, -0.1) is 0 Å². The van der Waals surface area contributed by atoms with Gasteiger partial charge in [0.25, 0.3) is 0 Å². The van der Waals surface area contributed by atoms with Gasteiger partial charge < -0.3 is 0 Å². The van der Waals surface area contributed by atoms with Gasteiger partial charge in [-0.3, -0.25) is 0 Å². The molecule has 2 saturated carbocycles. The summed E-state index contributed by atoms with van der Waals surface area (Å²) in [6.07, 6.45) is 11.7. The van der Waals surface area contributed by atoms with E-state index in [4.69, 9.17) is 0 Å². The van der Waals surface area contributed by atoms with E-state index < -0.39 is 0 Å². The molecule has 110 valence electrons. The van der Waals surface area contributed by atoms with Crippen LogP contribution in [0.2, 0.25) is 0 Å². The molecule has 0 aromatic heterocycles. The lowest BCUT2D eigenvalue weighted by molar-refractivity contribution is 0.158. The van der Waals surface area contributed by atoms with Gasteiger partial charge in [0.2, 0.25) is 0 Å². The number of rotatable bonds is 6. The van der Waals surface area contributed by atoms with Gasteiger partial charge in [0.1, 0.15) is 5.92 Å². The van der Waals surface area contributed by atoms with Gasteiger partial charge in [-0.1, -0.05) is 20.8 Å². The Morgan fingerprint density at radius 3 is 2.53 bits per heavy atom. The van der Waals surface area contributed by atoms with Crippen molar-refractivity contribution in [3.05, 3.63) is 5.92 Å². The number of hydrogen-bond donors (Lipinski definition) is 0. The van der Waals surface area contributed by atoms with E-state index in [2.05, 4.69) is 34.6 Å². The van der Waals surface area contributed by atoms with Crippen LogP contribution < -0.4 is 0 Å². The smallest absolute Gasteiger partial charge is 0.0625 e. The molecule has 2 aliphatic carbocycles. The fourth-order valence-electron chi connectivity index (χ4n) is 4.93. The molecule has 0 heteroatoms. The first kappa shape index (κ1) is 15.3. The Balaban J connectivity index is 1.81. The Labute approximate surface area is 121 Å². The van der Waals surface area contributed by atoms with Crippen LogP contribution >= 0.6 is 0 Å². The van der Waals surface area contributed by atoms with E-state index in [1.54, 1.807) is 12.3 Å². The summed E-state index contributed by atoms with van der Waals surface area (Å²) in [5.74, 6) is 5.73. The third-order valence-electron chi connectivity index (χ3n) is 6.45. The molecular formula is C19H35+. The molecule has 2 fully saturated rings. The zero-order chi connectivity index (χ0) is 14.0. The van der Waals surface area contributed by atoms with Crippen molar-refractivity contribution >= 4 is 0 Å². The molecule has 0 aliphatic heterocycles. The maximum Gasteiger partial charge on any atom is 0.102 e. The Hall–Kier alpha value is -0.130. The molecule has 0 radical (unpaired) electrons. The third-order valence-corrected chi connectivity index (χ3v) is 6.45. The van der Waals surface area contributed by atoms with Crippen molar-refractivity contribution in [3.63, 3.8) is 0 Å². The second-order valence-corrected chi connectivity index (χ2v) is 8.26. The lowest BCUT2D eigenvalue weighted by Crippen LogP contribution is -2.27. The third kappa shape index (κ3) is 3.50. The van der Waals surface area contributed by atoms with Crippen LogP contribution in [0.4, 0.5) is 0 Å². The fraction of sp³-hybridized carbons (Fsp3) is 0.947. The molecule has 2 rings (SSSR count). The van der Waals surface area contributed by atoms with E-state index in [0.29, 0.717) is 5.41 Å². The van der Waals surface area contributed by atoms with E-state index >= 15 is 0 Å². The minimum atomic E-state index is 0.610. The molecule has 19 heavy (non-hydrogen) atoms. The molecule has 0 heterocycles. The Morgan fingerprint density at radius 2 is 1.95 bits per heavy atom. The zero-order valence-corrected chi connectivity index (χ0v) is 14.0. The highest BCUT2D eigenvalue weighted by molar-refractivity contribution is 5.01. The summed E-state index contributed by atoms with van der Waals surface area (Å²) >= 11 is 0. The summed E-state index contributed by atoms with van der Waals surface area (Å²) in [6.45, 7) is 12.2. The van der Waals surface area contributed by atoms with Crippen LogP contribution in [0.1, 0.15) is 86.0 Å². The van der Waals surface area contributed by atoms with Gasteiger partial charge in [0.15, 0.2) is 0 Å². The van der Waals surface area contributed by atoms with Crippen LogP contribution in [0, 0.1) is 35.0 Å². The zero-order valence-electron chi connectivity index (χ0n) is 14.0. The Bertz CT molecular complexity index is 276. The first-order chi connectivity index (χ1) is 8.94. The van der Waals surface area contributed by atoms with Gasteiger partial charge in [0, 0.05) is 5.41 Å². The molecule has 0 nitrogen and oxygen atoms in total. The summed E-state index contributed by atoms with van der Waals surface area (Å²) in [7, 11) is 0. The predicted octanol–water partition coefficient (Wildman–Crippen LogP) is 6.26. The molecule has 0 amide bonds. The monoisotopic (exact) mass is 263 g/mol. The summed E-state index contributed by atoms with van der Waals surface area (Å²) in [4.78, 5) is 0. The van der Waals surface area contributed by atoms with Gasteiger partial charge >= 0.3 is 0 Å². The predicted molar refractivity (Wildman–Crippen MR) is 84.9 cm³/mol. The standard InChI is InChI=1S/C19H35/c1-6-7-15(3)16(4)19(5)9-8-17(13-19)12-18-10-14(2)11-18/h14,16-18H,6-13H2,1-5H3/q+1. The number of hydrogen-bond acceptors (Lipinski definition) is 0. The summed E-state index contributed by atoms with van der Waals surface area (Å²) in [6, 6.07) is 0. The van der Waals surface area contributed by atoms with E-state index in [1.165, 1.54) is 44.9 Å². The molecule has 0 aromatic rings. The minimum Gasteiger partial charge on any atom is -0.0625 e. The summed E-state index contributed by atoms with van der Waals surface area (Å²) in [5, 5.41) is 0. The molecule has 0 N–H and O–H groups in total. The van der Waals surface area contributed by atoms with Crippen molar-refractivity contribution in [3.8, 4) is 0 Å². The summed E-state index contributed by atoms with van der Waals surface area (Å²) < 4.78 is 0. The highest BCUT2D eigenvalue weighted by atomic mass is 14.5. The maximum absolute atomic E-state index is 2.57. The van der Waals surface area contributed by atoms with Gasteiger partial charge in [-0.05, 0) is 69.6 Å². The Morgan fingerprint density at radius 1 is 1.26 bits per heavy atom.